The number of ether oxygens (including phenoxy) is 1. The maximum absolute atomic E-state index is 13.0. The van der Waals surface area contributed by atoms with Crippen LogP contribution in [0.3, 0.4) is 0 Å². The summed E-state index contributed by atoms with van der Waals surface area (Å²) in [5.74, 6) is -0.719. The minimum Gasteiger partial charge on any atom is -0.491 e. The Morgan fingerprint density at radius 2 is 2.14 bits per heavy atom. The van der Waals surface area contributed by atoms with Crippen LogP contribution >= 0.6 is 0 Å². The molecule has 8 heteroatoms. The van der Waals surface area contributed by atoms with E-state index in [-0.39, 0.29) is 17.9 Å². The highest BCUT2D eigenvalue weighted by Crippen LogP contribution is 2.36. The van der Waals surface area contributed by atoms with Crippen LogP contribution in [0.2, 0.25) is 0 Å². The first-order valence-corrected chi connectivity index (χ1v) is 6.04. The summed E-state index contributed by atoms with van der Waals surface area (Å²) in [6.45, 7) is 0.378. The SMILES string of the molecule is N=C(N)c1ccc(OCCn2cccn2)c(C(F)(F)F)c1. The Balaban J connectivity index is 2.16. The lowest BCUT2D eigenvalue weighted by Crippen LogP contribution is -2.16. The molecule has 0 saturated carbocycles. The van der Waals surface area contributed by atoms with Gasteiger partial charge in [-0.1, -0.05) is 0 Å². The first kappa shape index (κ1) is 14.9. The van der Waals surface area contributed by atoms with Crippen molar-refractivity contribution in [3.8, 4) is 5.75 Å². The number of aromatic nitrogens is 2. The minimum atomic E-state index is -4.58. The molecule has 0 unspecified atom stereocenters. The van der Waals surface area contributed by atoms with Gasteiger partial charge in [-0.2, -0.15) is 18.3 Å². The van der Waals surface area contributed by atoms with E-state index in [0.29, 0.717) is 6.54 Å². The molecular formula is C13H13F3N4O. The molecule has 1 heterocycles. The van der Waals surface area contributed by atoms with Gasteiger partial charge in [0.25, 0.3) is 0 Å². The monoisotopic (exact) mass is 298 g/mol. The fourth-order valence-corrected chi connectivity index (χ4v) is 1.73. The molecule has 0 atom stereocenters. The zero-order chi connectivity index (χ0) is 15.5. The summed E-state index contributed by atoms with van der Waals surface area (Å²) in [6, 6.07) is 5.01. The van der Waals surface area contributed by atoms with Gasteiger partial charge in [0.1, 0.15) is 18.2 Å². The van der Waals surface area contributed by atoms with Crippen LogP contribution in [0, 0.1) is 5.41 Å². The van der Waals surface area contributed by atoms with Crippen molar-refractivity contribution >= 4 is 5.84 Å². The number of hydrogen-bond acceptors (Lipinski definition) is 3. The molecule has 0 aliphatic heterocycles. The molecule has 1 aromatic carbocycles. The summed E-state index contributed by atoms with van der Waals surface area (Å²) in [5, 5.41) is 11.1. The average molecular weight is 298 g/mol. The topological polar surface area (TPSA) is 76.9 Å². The first-order valence-electron chi connectivity index (χ1n) is 6.04. The number of halogens is 3. The molecule has 112 valence electrons. The van der Waals surface area contributed by atoms with E-state index in [4.69, 9.17) is 15.9 Å². The largest absolute Gasteiger partial charge is 0.491 e. The molecule has 0 amide bonds. The molecule has 0 aliphatic carbocycles. The van der Waals surface area contributed by atoms with Gasteiger partial charge in [0.15, 0.2) is 0 Å². The van der Waals surface area contributed by atoms with E-state index >= 15 is 0 Å². The molecule has 0 aliphatic rings. The number of nitrogen functional groups attached to an aromatic ring is 1. The molecule has 0 fully saturated rings. The maximum Gasteiger partial charge on any atom is 0.419 e. The van der Waals surface area contributed by atoms with Crippen LogP contribution in [0.5, 0.6) is 5.75 Å². The predicted molar refractivity (Wildman–Crippen MR) is 70.2 cm³/mol. The summed E-state index contributed by atoms with van der Waals surface area (Å²) in [6.07, 6.45) is -1.32. The quantitative estimate of drug-likeness (QED) is 0.656. The van der Waals surface area contributed by atoms with Crippen molar-refractivity contribution in [1.29, 1.82) is 5.41 Å². The second kappa shape index (κ2) is 5.86. The van der Waals surface area contributed by atoms with Gasteiger partial charge >= 0.3 is 6.18 Å². The highest BCUT2D eigenvalue weighted by atomic mass is 19.4. The molecule has 5 nitrogen and oxygen atoms in total. The van der Waals surface area contributed by atoms with E-state index in [1.54, 1.807) is 23.1 Å². The molecule has 2 aromatic rings. The van der Waals surface area contributed by atoms with Crippen molar-refractivity contribution in [3.63, 3.8) is 0 Å². The van der Waals surface area contributed by atoms with Crippen LogP contribution in [0.4, 0.5) is 13.2 Å². The fourth-order valence-electron chi connectivity index (χ4n) is 1.73. The summed E-state index contributed by atoms with van der Waals surface area (Å²) >= 11 is 0. The van der Waals surface area contributed by atoms with Gasteiger partial charge in [-0.3, -0.25) is 10.1 Å². The third-order valence-electron chi connectivity index (χ3n) is 2.73. The van der Waals surface area contributed by atoms with Gasteiger partial charge in [-0.05, 0) is 24.3 Å². The van der Waals surface area contributed by atoms with E-state index in [2.05, 4.69) is 5.10 Å². The lowest BCUT2D eigenvalue weighted by atomic mass is 10.1. The van der Waals surface area contributed by atoms with E-state index < -0.39 is 17.6 Å². The Morgan fingerprint density at radius 1 is 1.38 bits per heavy atom. The number of benzene rings is 1. The second-order valence-corrected chi connectivity index (χ2v) is 4.24. The first-order chi connectivity index (χ1) is 9.88. The molecule has 0 spiro atoms. The second-order valence-electron chi connectivity index (χ2n) is 4.24. The van der Waals surface area contributed by atoms with Gasteiger partial charge < -0.3 is 10.5 Å². The summed E-state index contributed by atoms with van der Waals surface area (Å²) in [4.78, 5) is 0. The third-order valence-corrected chi connectivity index (χ3v) is 2.73. The highest BCUT2D eigenvalue weighted by molar-refractivity contribution is 5.95. The zero-order valence-corrected chi connectivity index (χ0v) is 10.9. The van der Waals surface area contributed by atoms with Crippen LogP contribution in [-0.2, 0) is 12.7 Å². The number of amidine groups is 1. The molecule has 0 bridgehead atoms. The number of alkyl halides is 3. The highest BCUT2D eigenvalue weighted by Gasteiger charge is 2.34. The van der Waals surface area contributed by atoms with E-state index in [1.165, 1.54) is 12.1 Å². The summed E-state index contributed by atoms with van der Waals surface area (Å²) < 4.78 is 45.7. The smallest absolute Gasteiger partial charge is 0.419 e. The van der Waals surface area contributed by atoms with Crippen LogP contribution in [0.1, 0.15) is 11.1 Å². The Bertz CT molecular complexity index is 623. The van der Waals surface area contributed by atoms with E-state index in [9.17, 15) is 13.2 Å². The van der Waals surface area contributed by atoms with Crippen LogP contribution in [0.25, 0.3) is 0 Å². The number of nitrogens with one attached hydrogen (secondary N) is 1. The number of nitrogens with zero attached hydrogens (tertiary/aromatic N) is 2. The van der Waals surface area contributed by atoms with Crippen molar-refractivity contribution in [1.82, 2.24) is 9.78 Å². The zero-order valence-electron chi connectivity index (χ0n) is 10.9. The van der Waals surface area contributed by atoms with Crippen LogP contribution < -0.4 is 10.5 Å². The minimum absolute atomic E-state index is 0.00162. The maximum atomic E-state index is 13.0. The van der Waals surface area contributed by atoms with E-state index in [1.807, 2.05) is 0 Å². The Morgan fingerprint density at radius 3 is 2.71 bits per heavy atom. The molecule has 0 radical (unpaired) electrons. The summed E-state index contributed by atoms with van der Waals surface area (Å²) in [5.41, 5.74) is 4.26. The van der Waals surface area contributed by atoms with Crippen molar-refractivity contribution in [2.45, 2.75) is 12.7 Å². The molecule has 3 N–H and O–H groups in total. The summed E-state index contributed by atoms with van der Waals surface area (Å²) in [7, 11) is 0. The van der Waals surface area contributed by atoms with Gasteiger partial charge in [0.05, 0.1) is 12.1 Å². The van der Waals surface area contributed by atoms with Crippen molar-refractivity contribution in [3.05, 3.63) is 47.8 Å². The van der Waals surface area contributed by atoms with Gasteiger partial charge in [0.2, 0.25) is 0 Å². The molecule has 21 heavy (non-hydrogen) atoms. The van der Waals surface area contributed by atoms with E-state index in [0.717, 1.165) is 6.07 Å². The normalized spacial score (nSPS) is 11.4. The third kappa shape index (κ3) is 3.74. The molecular weight excluding hydrogens is 285 g/mol. The van der Waals surface area contributed by atoms with Gasteiger partial charge in [0, 0.05) is 18.0 Å². The van der Waals surface area contributed by atoms with Gasteiger partial charge in [-0.15, -0.1) is 0 Å². The molecule has 1 aromatic heterocycles. The number of hydrogen-bond donors (Lipinski definition) is 2. The Labute approximate surface area is 118 Å². The van der Waals surface area contributed by atoms with Gasteiger partial charge in [-0.25, -0.2) is 0 Å². The Hall–Kier alpha value is -2.51. The van der Waals surface area contributed by atoms with Crippen molar-refractivity contribution < 1.29 is 17.9 Å². The lowest BCUT2D eigenvalue weighted by Gasteiger charge is -2.15. The average Bonchev–Trinajstić information content (AvgIpc) is 2.90. The standard InChI is InChI=1S/C13H13F3N4O/c14-13(15,16)10-8-9(12(17)18)2-3-11(10)21-7-6-20-5-1-4-19-20/h1-5,8H,6-7H2,(H3,17,18). The predicted octanol–water partition coefficient (Wildman–Crippen LogP) is 2.26. The van der Waals surface area contributed by atoms with Crippen LogP contribution in [-0.4, -0.2) is 22.2 Å². The van der Waals surface area contributed by atoms with Crippen LogP contribution in [0.15, 0.2) is 36.7 Å². The number of nitrogens with two attached hydrogens (primary N) is 1. The lowest BCUT2D eigenvalue weighted by molar-refractivity contribution is -0.139. The Kier molecular flexibility index (Phi) is 4.15. The number of rotatable bonds is 5. The molecule has 0 saturated heterocycles. The fraction of sp³-hybridized carbons (Fsp3) is 0.231. The van der Waals surface area contributed by atoms with Crippen molar-refractivity contribution in [2.24, 2.45) is 5.73 Å². The van der Waals surface area contributed by atoms with Crippen molar-refractivity contribution in [2.75, 3.05) is 6.61 Å². The molecule has 2 rings (SSSR count).